The third-order valence-electron chi connectivity index (χ3n) is 3.16. The monoisotopic (exact) mass is 339 g/mol. The highest BCUT2D eigenvalue weighted by atomic mass is 32.2. The van der Waals surface area contributed by atoms with Gasteiger partial charge in [0, 0.05) is 11.4 Å². The molecule has 0 spiro atoms. The summed E-state index contributed by atoms with van der Waals surface area (Å²) >= 11 is 1.52. The molecule has 2 aromatic rings. The van der Waals surface area contributed by atoms with Crippen molar-refractivity contribution in [3.63, 3.8) is 0 Å². The lowest BCUT2D eigenvalue weighted by Crippen LogP contribution is -2.37. The van der Waals surface area contributed by atoms with Crippen LogP contribution in [0.1, 0.15) is 10.4 Å². The number of hydrogen-bond acceptors (Lipinski definition) is 4. The maximum absolute atomic E-state index is 12.6. The van der Waals surface area contributed by atoms with Gasteiger partial charge >= 0.3 is 5.97 Å². The van der Waals surface area contributed by atoms with Gasteiger partial charge in [0.2, 0.25) is 10.0 Å². The lowest BCUT2D eigenvalue weighted by Gasteiger charge is -2.20. The van der Waals surface area contributed by atoms with Crippen molar-refractivity contribution in [3.05, 3.63) is 52.2 Å². The molecular formula is C15H17NO4S2. The van der Waals surface area contributed by atoms with Gasteiger partial charge in [-0.2, -0.15) is 4.31 Å². The molecule has 0 aliphatic carbocycles. The predicted molar refractivity (Wildman–Crippen MR) is 85.6 cm³/mol. The third-order valence-corrected chi connectivity index (χ3v) is 5.95. The van der Waals surface area contributed by atoms with Crippen molar-refractivity contribution in [2.24, 2.45) is 0 Å². The molecular weight excluding hydrogens is 322 g/mol. The fourth-order valence-electron chi connectivity index (χ4n) is 1.98. The largest absolute Gasteiger partial charge is 0.480 e. The Balaban J connectivity index is 2.22. The first-order valence-corrected chi connectivity index (χ1v) is 9.02. The number of carboxylic acids is 1. The third kappa shape index (κ3) is 4.16. The van der Waals surface area contributed by atoms with Crippen molar-refractivity contribution >= 4 is 27.3 Å². The van der Waals surface area contributed by atoms with Crippen molar-refractivity contribution in [2.45, 2.75) is 18.2 Å². The quantitative estimate of drug-likeness (QED) is 0.840. The van der Waals surface area contributed by atoms with Gasteiger partial charge in [-0.05, 0) is 36.9 Å². The van der Waals surface area contributed by atoms with Crippen LogP contribution < -0.4 is 0 Å². The molecule has 5 nitrogen and oxygen atoms in total. The molecule has 0 saturated carbocycles. The topological polar surface area (TPSA) is 74.7 Å². The van der Waals surface area contributed by atoms with Crippen LogP contribution >= 0.6 is 11.3 Å². The lowest BCUT2D eigenvalue weighted by molar-refractivity contribution is -0.137. The smallest absolute Gasteiger partial charge is 0.318 e. The first-order chi connectivity index (χ1) is 10.4. The van der Waals surface area contributed by atoms with E-state index in [-0.39, 0.29) is 11.4 Å². The molecule has 0 aliphatic rings. The second-order valence-electron chi connectivity index (χ2n) is 4.87. The molecule has 7 heteroatoms. The maximum Gasteiger partial charge on any atom is 0.318 e. The summed E-state index contributed by atoms with van der Waals surface area (Å²) in [6.45, 7) is 1.47. The van der Waals surface area contributed by atoms with Gasteiger partial charge in [0.1, 0.15) is 6.54 Å². The minimum Gasteiger partial charge on any atom is -0.480 e. The van der Waals surface area contributed by atoms with Crippen LogP contribution in [0, 0.1) is 6.92 Å². The molecule has 1 heterocycles. The minimum absolute atomic E-state index is 0.116. The molecule has 2 rings (SSSR count). The van der Waals surface area contributed by atoms with Gasteiger partial charge in [0.25, 0.3) is 0 Å². The molecule has 0 bridgehead atoms. The first-order valence-electron chi connectivity index (χ1n) is 6.70. The van der Waals surface area contributed by atoms with Gasteiger partial charge in [-0.25, -0.2) is 8.42 Å². The summed E-state index contributed by atoms with van der Waals surface area (Å²) in [5.74, 6) is -1.16. The van der Waals surface area contributed by atoms with Crippen LogP contribution in [0.3, 0.4) is 0 Å². The second kappa shape index (κ2) is 7.04. The van der Waals surface area contributed by atoms with Crippen molar-refractivity contribution in [3.8, 4) is 0 Å². The van der Waals surface area contributed by atoms with Crippen LogP contribution in [-0.4, -0.2) is 36.9 Å². The Morgan fingerprint density at radius 3 is 2.45 bits per heavy atom. The van der Waals surface area contributed by atoms with Crippen molar-refractivity contribution < 1.29 is 18.3 Å². The SMILES string of the molecule is Cc1ccc(S(=O)(=O)N(CCc2cccs2)CC(=O)O)cc1. The van der Waals surface area contributed by atoms with Crippen LogP contribution in [0.4, 0.5) is 0 Å². The zero-order chi connectivity index (χ0) is 16.2. The number of sulfonamides is 1. The van der Waals surface area contributed by atoms with Gasteiger partial charge in [-0.15, -0.1) is 11.3 Å². The zero-order valence-electron chi connectivity index (χ0n) is 12.1. The second-order valence-corrected chi connectivity index (χ2v) is 7.84. The highest BCUT2D eigenvalue weighted by Crippen LogP contribution is 2.18. The lowest BCUT2D eigenvalue weighted by atomic mass is 10.2. The fourth-order valence-corrected chi connectivity index (χ4v) is 4.07. The van der Waals surface area contributed by atoms with Gasteiger partial charge in [-0.3, -0.25) is 4.79 Å². The summed E-state index contributed by atoms with van der Waals surface area (Å²) in [7, 11) is -3.81. The summed E-state index contributed by atoms with van der Waals surface area (Å²) in [6.07, 6.45) is 0.496. The number of rotatable bonds is 7. The number of thiophene rings is 1. The molecule has 0 unspecified atom stereocenters. The van der Waals surface area contributed by atoms with E-state index in [0.717, 1.165) is 14.7 Å². The molecule has 118 valence electrons. The van der Waals surface area contributed by atoms with E-state index in [0.29, 0.717) is 6.42 Å². The Morgan fingerprint density at radius 1 is 1.23 bits per heavy atom. The van der Waals surface area contributed by atoms with E-state index >= 15 is 0 Å². The van der Waals surface area contributed by atoms with E-state index in [1.165, 1.54) is 23.5 Å². The van der Waals surface area contributed by atoms with E-state index in [2.05, 4.69) is 0 Å². The average molecular weight is 339 g/mol. The van der Waals surface area contributed by atoms with E-state index < -0.39 is 22.5 Å². The van der Waals surface area contributed by atoms with Crippen molar-refractivity contribution in [1.29, 1.82) is 0 Å². The summed E-state index contributed by atoms with van der Waals surface area (Å²) in [5, 5.41) is 10.9. The van der Waals surface area contributed by atoms with E-state index in [9.17, 15) is 13.2 Å². The van der Waals surface area contributed by atoms with Crippen LogP contribution in [0.15, 0.2) is 46.7 Å². The van der Waals surface area contributed by atoms with Gasteiger partial charge in [0.15, 0.2) is 0 Å². The summed E-state index contributed by atoms with van der Waals surface area (Å²) < 4.78 is 26.2. The molecule has 0 aliphatic heterocycles. The Labute approximate surface area is 133 Å². The molecule has 0 fully saturated rings. The van der Waals surface area contributed by atoms with Crippen molar-refractivity contribution in [1.82, 2.24) is 4.31 Å². The van der Waals surface area contributed by atoms with Crippen LogP contribution in [-0.2, 0) is 21.2 Å². The molecule has 1 aromatic heterocycles. The number of carboxylic acid groups (broad SMARTS) is 1. The zero-order valence-corrected chi connectivity index (χ0v) is 13.7. The van der Waals surface area contributed by atoms with Gasteiger partial charge < -0.3 is 5.11 Å². The van der Waals surface area contributed by atoms with Crippen molar-refractivity contribution in [2.75, 3.05) is 13.1 Å². The summed E-state index contributed by atoms with van der Waals surface area (Å²) in [5.41, 5.74) is 0.947. The van der Waals surface area contributed by atoms with E-state index in [4.69, 9.17) is 5.11 Å². The average Bonchev–Trinajstić information content (AvgIpc) is 2.96. The Morgan fingerprint density at radius 2 is 1.91 bits per heavy atom. The van der Waals surface area contributed by atoms with Crippen LogP contribution in [0.2, 0.25) is 0 Å². The van der Waals surface area contributed by atoms with Gasteiger partial charge in [-0.1, -0.05) is 23.8 Å². The Kier molecular flexibility index (Phi) is 5.33. The number of aliphatic carboxylic acids is 1. The Hall–Kier alpha value is -1.70. The summed E-state index contributed by atoms with van der Waals surface area (Å²) in [6, 6.07) is 10.2. The highest BCUT2D eigenvalue weighted by Gasteiger charge is 2.26. The number of hydrogen-bond donors (Lipinski definition) is 1. The Bertz CT molecular complexity index is 721. The molecule has 0 radical (unpaired) electrons. The molecule has 0 amide bonds. The first kappa shape index (κ1) is 16.7. The molecule has 1 N–H and O–H groups in total. The minimum atomic E-state index is -3.81. The van der Waals surface area contributed by atoms with E-state index in [1.54, 1.807) is 12.1 Å². The molecule has 1 aromatic carbocycles. The van der Waals surface area contributed by atoms with Gasteiger partial charge in [0.05, 0.1) is 4.90 Å². The van der Waals surface area contributed by atoms with E-state index in [1.807, 2.05) is 24.4 Å². The number of nitrogens with zero attached hydrogens (tertiary/aromatic N) is 1. The molecule has 0 atom stereocenters. The van der Waals surface area contributed by atoms with Crippen LogP contribution in [0.5, 0.6) is 0 Å². The number of benzene rings is 1. The fraction of sp³-hybridized carbons (Fsp3) is 0.267. The predicted octanol–water partition coefficient (Wildman–Crippen LogP) is 2.37. The normalized spacial score (nSPS) is 11.7. The highest BCUT2D eigenvalue weighted by molar-refractivity contribution is 7.89. The maximum atomic E-state index is 12.6. The van der Waals surface area contributed by atoms with Crippen LogP contribution in [0.25, 0.3) is 0 Å². The molecule has 0 saturated heterocycles. The number of carbonyl (C=O) groups is 1. The number of aryl methyl sites for hydroxylation is 1. The standard InChI is InChI=1S/C15H17NO4S2/c1-12-4-6-14(7-5-12)22(19,20)16(11-15(17)18)9-8-13-3-2-10-21-13/h2-7,10H,8-9,11H2,1H3,(H,17,18). The summed E-state index contributed by atoms with van der Waals surface area (Å²) in [4.78, 5) is 12.1. The molecule has 22 heavy (non-hydrogen) atoms.